The van der Waals surface area contributed by atoms with Crippen LogP contribution in [0.25, 0.3) is 0 Å². The van der Waals surface area contributed by atoms with Gasteiger partial charge < -0.3 is 20.3 Å². The molecule has 1 fully saturated rings. The van der Waals surface area contributed by atoms with E-state index in [1.54, 1.807) is 42.5 Å². The molecule has 1 saturated heterocycles. The van der Waals surface area contributed by atoms with E-state index in [1.807, 2.05) is 6.07 Å². The fourth-order valence-corrected chi connectivity index (χ4v) is 3.31. The fraction of sp³-hybridized carbons (Fsp3) is 0.364. The van der Waals surface area contributed by atoms with Gasteiger partial charge >= 0.3 is 0 Å². The first kappa shape index (κ1) is 20.8. The molecule has 2 amide bonds. The van der Waals surface area contributed by atoms with Crippen LogP contribution in [0.4, 0.5) is 5.69 Å². The van der Waals surface area contributed by atoms with Crippen molar-refractivity contribution in [1.82, 2.24) is 15.1 Å². The van der Waals surface area contributed by atoms with E-state index in [1.165, 1.54) is 7.11 Å². The molecule has 0 aliphatic carbocycles. The summed E-state index contributed by atoms with van der Waals surface area (Å²) in [6.07, 6.45) is 0. The van der Waals surface area contributed by atoms with Crippen molar-refractivity contribution in [1.29, 1.82) is 0 Å². The van der Waals surface area contributed by atoms with E-state index in [-0.39, 0.29) is 11.8 Å². The predicted molar refractivity (Wildman–Crippen MR) is 114 cm³/mol. The topological polar surface area (TPSA) is 73.9 Å². The van der Waals surface area contributed by atoms with E-state index in [0.29, 0.717) is 29.1 Å². The van der Waals surface area contributed by atoms with E-state index < -0.39 is 0 Å². The molecule has 29 heavy (non-hydrogen) atoms. The molecule has 0 atom stereocenters. The molecule has 1 heterocycles. The molecular formula is C22H28N4O3. The number of nitrogens with zero attached hydrogens (tertiary/aromatic N) is 2. The summed E-state index contributed by atoms with van der Waals surface area (Å²) in [5.41, 5.74) is 1.28. The number of carbonyl (C=O) groups is 2. The number of nitrogens with one attached hydrogen (secondary N) is 2. The van der Waals surface area contributed by atoms with Gasteiger partial charge in [-0.2, -0.15) is 0 Å². The lowest BCUT2D eigenvalue weighted by Gasteiger charge is -2.32. The molecule has 0 saturated carbocycles. The zero-order valence-electron chi connectivity index (χ0n) is 17.0. The lowest BCUT2D eigenvalue weighted by molar-refractivity contribution is 0.0939. The van der Waals surface area contributed by atoms with Crippen molar-refractivity contribution in [3.63, 3.8) is 0 Å². The number of carbonyl (C=O) groups excluding carboxylic acids is 2. The third-order valence-corrected chi connectivity index (χ3v) is 5.07. The van der Waals surface area contributed by atoms with Crippen molar-refractivity contribution >= 4 is 17.5 Å². The smallest absolute Gasteiger partial charge is 0.257 e. The Balaban J connectivity index is 1.66. The van der Waals surface area contributed by atoms with E-state index in [9.17, 15) is 9.59 Å². The van der Waals surface area contributed by atoms with Crippen molar-refractivity contribution in [2.45, 2.75) is 0 Å². The van der Waals surface area contributed by atoms with Crippen LogP contribution in [0.2, 0.25) is 0 Å². The van der Waals surface area contributed by atoms with Crippen LogP contribution in [0.15, 0.2) is 48.5 Å². The third-order valence-electron chi connectivity index (χ3n) is 5.07. The number of hydrogen-bond donors (Lipinski definition) is 2. The van der Waals surface area contributed by atoms with E-state index in [0.717, 1.165) is 32.7 Å². The van der Waals surface area contributed by atoms with Crippen LogP contribution in [0.5, 0.6) is 5.75 Å². The summed E-state index contributed by atoms with van der Waals surface area (Å²) in [7, 11) is 3.63. The monoisotopic (exact) mass is 396 g/mol. The second-order valence-electron chi connectivity index (χ2n) is 7.10. The molecule has 0 bridgehead atoms. The van der Waals surface area contributed by atoms with Crippen molar-refractivity contribution in [2.75, 3.05) is 58.7 Å². The quantitative estimate of drug-likeness (QED) is 0.748. The van der Waals surface area contributed by atoms with Crippen LogP contribution in [-0.4, -0.2) is 75.0 Å². The average Bonchev–Trinajstić information content (AvgIpc) is 2.75. The summed E-state index contributed by atoms with van der Waals surface area (Å²) in [6.45, 7) is 5.40. The summed E-state index contributed by atoms with van der Waals surface area (Å²) in [4.78, 5) is 30.1. The number of amides is 2. The minimum Gasteiger partial charge on any atom is -0.496 e. The normalized spacial score (nSPS) is 15.0. The first-order valence-electron chi connectivity index (χ1n) is 9.81. The maximum absolute atomic E-state index is 12.9. The zero-order valence-corrected chi connectivity index (χ0v) is 17.0. The van der Waals surface area contributed by atoms with Gasteiger partial charge in [0.1, 0.15) is 11.3 Å². The molecule has 7 nitrogen and oxygen atoms in total. The predicted octanol–water partition coefficient (Wildman–Crippen LogP) is 1.92. The first-order chi connectivity index (χ1) is 14.1. The Hall–Kier alpha value is -2.90. The second-order valence-corrected chi connectivity index (χ2v) is 7.10. The van der Waals surface area contributed by atoms with Crippen molar-refractivity contribution in [2.24, 2.45) is 0 Å². The maximum Gasteiger partial charge on any atom is 0.257 e. The average molecular weight is 396 g/mol. The van der Waals surface area contributed by atoms with Gasteiger partial charge in [-0.05, 0) is 31.3 Å². The van der Waals surface area contributed by atoms with E-state index in [4.69, 9.17) is 4.74 Å². The molecule has 0 unspecified atom stereocenters. The van der Waals surface area contributed by atoms with Gasteiger partial charge in [-0.25, -0.2) is 0 Å². The van der Waals surface area contributed by atoms with Crippen LogP contribution in [0.3, 0.4) is 0 Å². The molecule has 0 radical (unpaired) electrons. The minimum atomic E-state index is -0.273. The highest BCUT2D eigenvalue weighted by atomic mass is 16.5. The summed E-state index contributed by atoms with van der Waals surface area (Å²) in [5, 5.41) is 5.79. The molecule has 3 rings (SSSR count). The SMILES string of the molecule is COc1cccc(NC(=O)c2ccccc2)c1C(=O)NCCN1CCN(C)CC1. The van der Waals surface area contributed by atoms with E-state index >= 15 is 0 Å². The van der Waals surface area contributed by atoms with Gasteiger partial charge in [0.25, 0.3) is 11.8 Å². The number of methoxy groups -OCH3 is 1. The number of hydrogen-bond acceptors (Lipinski definition) is 5. The van der Waals surface area contributed by atoms with Gasteiger partial charge in [0.2, 0.25) is 0 Å². The van der Waals surface area contributed by atoms with Crippen LogP contribution >= 0.6 is 0 Å². The zero-order chi connectivity index (χ0) is 20.6. The Morgan fingerprint density at radius 2 is 1.69 bits per heavy atom. The van der Waals surface area contributed by atoms with Crippen molar-refractivity contribution in [3.05, 3.63) is 59.7 Å². The highest BCUT2D eigenvalue weighted by molar-refractivity contribution is 6.10. The Kier molecular flexibility index (Phi) is 7.21. The third kappa shape index (κ3) is 5.56. The highest BCUT2D eigenvalue weighted by Gasteiger charge is 2.20. The summed E-state index contributed by atoms with van der Waals surface area (Å²) in [5.74, 6) is -0.113. The molecular weight excluding hydrogens is 368 g/mol. The second kappa shape index (κ2) is 10.0. The molecule has 2 aromatic rings. The number of anilines is 1. The maximum atomic E-state index is 12.9. The van der Waals surface area contributed by atoms with Crippen LogP contribution in [-0.2, 0) is 0 Å². The number of rotatable bonds is 7. The van der Waals surface area contributed by atoms with Crippen LogP contribution in [0.1, 0.15) is 20.7 Å². The number of benzene rings is 2. The van der Waals surface area contributed by atoms with Crippen LogP contribution in [0, 0.1) is 0 Å². The molecule has 0 spiro atoms. The Bertz CT molecular complexity index is 833. The molecule has 2 N–H and O–H groups in total. The molecule has 2 aromatic carbocycles. The molecule has 1 aliphatic rings. The van der Waals surface area contributed by atoms with E-state index in [2.05, 4.69) is 27.5 Å². The lowest BCUT2D eigenvalue weighted by Crippen LogP contribution is -2.46. The van der Waals surface area contributed by atoms with Crippen molar-refractivity contribution < 1.29 is 14.3 Å². The van der Waals surface area contributed by atoms with Gasteiger partial charge in [-0.1, -0.05) is 24.3 Å². The molecule has 154 valence electrons. The summed E-state index contributed by atoms with van der Waals surface area (Å²) >= 11 is 0. The number of ether oxygens (including phenoxy) is 1. The van der Waals surface area contributed by atoms with Gasteiger partial charge in [-0.3, -0.25) is 14.5 Å². The number of piperazine rings is 1. The van der Waals surface area contributed by atoms with Crippen LogP contribution < -0.4 is 15.4 Å². The fourth-order valence-electron chi connectivity index (χ4n) is 3.31. The Morgan fingerprint density at radius 3 is 2.38 bits per heavy atom. The van der Waals surface area contributed by atoms with Crippen molar-refractivity contribution in [3.8, 4) is 5.75 Å². The molecule has 1 aliphatic heterocycles. The summed E-state index contributed by atoms with van der Waals surface area (Å²) < 4.78 is 5.37. The Morgan fingerprint density at radius 1 is 0.966 bits per heavy atom. The number of likely N-dealkylation sites (N-methyl/N-ethyl adjacent to an activating group) is 1. The summed E-state index contributed by atoms with van der Waals surface area (Å²) in [6, 6.07) is 14.1. The first-order valence-corrected chi connectivity index (χ1v) is 9.81. The van der Waals surface area contributed by atoms with Gasteiger partial charge in [0.05, 0.1) is 12.8 Å². The highest BCUT2D eigenvalue weighted by Crippen LogP contribution is 2.27. The lowest BCUT2D eigenvalue weighted by atomic mass is 10.1. The van der Waals surface area contributed by atoms with Gasteiger partial charge in [0.15, 0.2) is 0 Å². The largest absolute Gasteiger partial charge is 0.496 e. The Labute approximate surface area is 171 Å². The molecule has 0 aromatic heterocycles. The standard InChI is InChI=1S/C22H28N4O3/c1-25-13-15-26(16-14-25)12-11-23-22(28)20-18(9-6-10-19(20)29-2)24-21(27)17-7-4-3-5-8-17/h3-10H,11-16H2,1-2H3,(H,23,28)(H,24,27). The van der Waals surface area contributed by atoms with Gasteiger partial charge in [0, 0.05) is 44.8 Å². The van der Waals surface area contributed by atoms with Gasteiger partial charge in [-0.15, -0.1) is 0 Å². The minimum absolute atomic E-state index is 0.264. The molecule has 7 heteroatoms.